The van der Waals surface area contributed by atoms with Crippen LogP contribution in [0, 0.1) is 18.3 Å². The third kappa shape index (κ3) is 3.91. The van der Waals surface area contributed by atoms with E-state index in [1.807, 2.05) is 6.07 Å². The Kier molecular flexibility index (Phi) is 5.40. The van der Waals surface area contributed by atoms with Crippen molar-refractivity contribution in [3.63, 3.8) is 0 Å². The normalized spacial score (nSPS) is 17.2. The summed E-state index contributed by atoms with van der Waals surface area (Å²) < 4.78 is 29.6. The van der Waals surface area contributed by atoms with Gasteiger partial charge in [0, 0.05) is 21.1 Å². The fraction of sp³-hybridized carbons (Fsp3) is 0.263. The number of hydrogen-bond donors (Lipinski definition) is 1. The van der Waals surface area contributed by atoms with Crippen molar-refractivity contribution in [3.05, 3.63) is 50.7 Å². The molecule has 1 aliphatic heterocycles. The van der Waals surface area contributed by atoms with E-state index in [1.54, 1.807) is 36.1 Å². The van der Waals surface area contributed by atoms with Crippen LogP contribution in [0.4, 0.5) is 0 Å². The average Bonchev–Trinajstić information content (AvgIpc) is 3.36. The van der Waals surface area contributed by atoms with E-state index in [0.717, 1.165) is 15.0 Å². The molecular formula is C19H16ClN3O3S3. The number of aryl methyl sites for hydroxylation is 1. The molecule has 4 rings (SSSR count). The Morgan fingerprint density at radius 2 is 2.10 bits per heavy atom. The zero-order valence-corrected chi connectivity index (χ0v) is 18.5. The number of carbonyl (C=O) groups is 1. The Balaban J connectivity index is 1.52. The SMILES string of the molecule is Cc1c(S(=O)(=O)N[C@H]2CCN(Cc3ccc(C#N)s3)C2=O)sc2ccc(Cl)cc12. The van der Waals surface area contributed by atoms with Gasteiger partial charge in [0.05, 0.1) is 6.54 Å². The van der Waals surface area contributed by atoms with Gasteiger partial charge in [0.1, 0.15) is 21.2 Å². The summed E-state index contributed by atoms with van der Waals surface area (Å²) in [5, 5.41) is 10.3. The monoisotopic (exact) mass is 465 g/mol. The zero-order chi connectivity index (χ0) is 20.8. The summed E-state index contributed by atoms with van der Waals surface area (Å²) in [6.45, 7) is 2.59. The number of halogens is 1. The molecular weight excluding hydrogens is 450 g/mol. The Hall–Kier alpha value is -1.96. The molecule has 1 fully saturated rings. The molecule has 1 saturated heterocycles. The lowest BCUT2D eigenvalue weighted by atomic mass is 10.2. The number of hydrogen-bond acceptors (Lipinski definition) is 6. The number of nitrogens with zero attached hydrogens (tertiary/aromatic N) is 2. The Morgan fingerprint density at radius 3 is 2.83 bits per heavy atom. The van der Waals surface area contributed by atoms with Crippen LogP contribution < -0.4 is 4.72 Å². The Labute approximate surface area is 181 Å². The minimum Gasteiger partial charge on any atom is -0.336 e. The highest BCUT2D eigenvalue weighted by atomic mass is 35.5. The molecule has 150 valence electrons. The lowest BCUT2D eigenvalue weighted by Crippen LogP contribution is -2.41. The number of fused-ring (bicyclic) bond motifs is 1. The standard InChI is InChI=1S/C19H16ClN3O3S3/c1-11-15-8-12(20)2-5-17(15)28-19(11)29(25,26)22-16-6-7-23(18(16)24)10-14-4-3-13(9-21)27-14/h2-5,8,16,22H,6-7,10H2,1H3/t16-/m0/s1. The minimum absolute atomic E-state index is 0.206. The van der Waals surface area contributed by atoms with Gasteiger partial charge in [-0.15, -0.1) is 22.7 Å². The molecule has 1 amide bonds. The van der Waals surface area contributed by atoms with Crippen LogP contribution in [0.2, 0.25) is 5.02 Å². The van der Waals surface area contributed by atoms with Crippen LogP contribution in [0.15, 0.2) is 34.5 Å². The van der Waals surface area contributed by atoms with E-state index in [0.29, 0.717) is 35.0 Å². The third-order valence-electron chi connectivity index (χ3n) is 4.81. The summed E-state index contributed by atoms with van der Waals surface area (Å²) in [4.78, 5) is 15.8. The maximum absolute atomic E-state index is 13.0. The molecule has 2 aromatic heterocycles. The number of sulfonamides is 1. The fourth-order valence-electron chi connectivity index (χ4n) is 3.38. The van der Waals surface area contributed by atoms with Crippen molar-refractivity contribution in [1.82, 2.24) is 9.62 Å². The van der Waals surface area contributed by atoms with Crippen molar-refractivity contribution in [2.45, 2.75) is 30.1 Å². The summed E-state index contributed by atoms with van der Waals surface area (Å²) in [6, 6.07) is 10.1. The van der Waals surface area contributed by atoms with E-state index in [9.17, 15) is 13.2 Å². The number of nitriles is 1. The highest BCUT2D eigenvalue weighted by Crippen LogP contribution is 2.35. The van der Waals surface area contributed by atoms with Gasteiger partial charge in [-0.1, -0.05) is 11.6 Å². The molecule has 3 heterocycles. The Bertz CT molecular complexity index is 1260. The summed E-state index contributed by atoms with van der Waals surface area (Å²) in [7, 11) is -3.84. The molecule has 1 N–H and O–H groups in total. The molecule has 10 heteroatoms. The topological polar surface area (TPSA) is 90.3 Å². The predicted octanol–water partition coefficient (Wildman–Crippen LogP) is 3.88. The minimum atomic E-state index is -3.84. The number of benzene rings is 1. The van der Waals surface area contributed by atoms with Gasteiger partial charge in [0.25, 0.3) is 10.0 Å². The number of nitrogens with one attached hydrogen (secondary N) is 1. The van der Waals surface area contributed by atoms with E-state index in [2.05, 4.69) is 10.8 Å². The third-order valence-corrected chi connectivity index (χ3v) is 9.39. The number of rotatable bonds is 5. The molecule has 1 aromatic carbocycles. The maximum atomic E-state index is 13.0. The van der Waals surface area contributed by atoms with Crippen LogP contribution >= 0.6 is 34.3 Å². The van der Waals surface area contributed by atoms with Gasteiger partial charge in [-0.05, 0) is 54.6 Å². The number of thiophene rings is 2. The van der Waals surface area contributed by atoms with Crippen LogP contribution in [0.25, 0.3) is 10.1 Å². The summed E-state index contributed by atoms with van der Waals surface area (Å²) in [5.74, 6) is -0.248. The highest BCUT2D eigenvalue weighted by molar-refractivity contribution is 7.91. The molecule has 6 nitrogen and oxygen atoms in total. The molecule has 0 saturated carbocycles. The molecule has 1 atom stereocenters. The first-order valence-corrected chi connectivity index (χ1v) is 12.3. The zero-order valence-electron chi connectivity index (χ0n) is 15.3. The second-order valence-corrected chi connectivity index (χ2v) is 11.3. The molecule has 0 aliphatic carbocycles. The quantitative estimate of drug-likeness (QED) is 0.619. The largest absolute Gasteiger partial charge is 0.336 e. The second-order valence-electron chi connectivity index (χ2n) is 6.76. The van der Waals surface area contributed by atoms with Gasteiger partial charge in [-0.25, -0.2) is 8.42 Å². The van der Waals surface area contributed by atoms with Crippen LogP contribution in [0.1, 0.15) is 21.7 Å². The number of amides is 1. The number of likely N-dealkylation sites (tertiary alicyclic amines) is 1. The average molecular weight is 466 g/mol. The van der Waals surface area contributed by atoms with Crippen molar-refractivity contribution >= 4 is 60.3 Å². The van der Waals surface area contributed by atoms with E-state index >= 15 is 0 Å². The summed E-state index contributed by atoms with van der Waals surface area (Å²) >= 11 is 8.54. The van der Waals surface area contributed by atoms with Crippen LogP contribution in [-0.2, 0) is 21.4 Å². The maximum Gasteiger partial charge on any atom is 0.251 e. The van der Waals surface area contributed by atoms with Crippen LogP contribution in [-0.4, -0.2) is 31.8 Å². The highest BCUT2D eigenvalue weighted by Gasteiger charge is 2.36. The summed E-state index contributed by atoms with van der Waals surface area (Å²) in [6.07, 6.45) is 0.407. The smallest absolute Gasteiger partial charge is 0.251 e. The van der Waals surface area contributed by atoms with Gasteiger partial charge in [0.2, 0.25) is 5.91 Å². The van der Waals surface area contributed by atoms with Crippen LogP contribution in [0.3, 0.4) is 0 Å². The molecule has 0 unspecified atom stereocenters. The fourth-order valence-corrected chi connectivity index (χ4v) is 7.36. The van der Waals surface area contributed by atoms with Gasteiger partial charge < -0.3 is 4.90 Å². The molecule has 1 aliphatic rings. The van der Waals surface area contributed by atoms with Gasteiger partial charge in [-0.2, -0.15) is 9.98 Å². The summed E-state index contributed by atoms with van der Waals surface area (Å²) in [5.41, 5.74) is 0.630. The lowest BCUT2D eigenvalue weighted by Gasteiger charge is -2.16. The van der Waals surface area contributed by atoms with E-state index < -0.39 is 16.1 Å². The lowest BCUT2D eigenvalue weighted by molar-refractivity contribution is -0.129. The molecule has 3 aromatic rings. The van der Waals surface area contributed by atoms with Crippen molar-refractivity contribution in [2.24, 2.45) is 0 Å². The van der Waals surface area contributed by atoms with E-state index in [-0.39, 0.29) is 10.1 Å². The second kappa shape index (κ2) is 7.70. The first-order valence-electron chi connectivity index (χ1n) is 8.77. The van der Waals surface area contributed by atoms with E-state index in [1.165, 1.54) is 22.7 Å². The first kappa shape index (κ1) is 20.3. The van der Waals surface area contributed by atoms with Crippen molar-refractivity contribution < 1.29 is 13.2 Å². The first-order chi connectivity index (χ1) is 13.8. The molecule has 0 bridgehead atoms. The van der Waals surface area contributed by atoms with Gasteiger partial charge in [0.15, 0.2) is 0 Å². The molecule has 29 heavy (non-hydrogen) atoms. The molecule has 0 radical (unpaired) electrons. The predicted molar refractivity (Wildman–Crippen MR) is 115 cm³/mol. The van der Waals surface area contributed by atoms with Crippen molar-refractivity contribution in [2.75, 3.05) is 6.54 Å². The van der Waals surface area contributed by atoms with Gasteiger partial charge in [-0.3, -0.25) is 4.79 Å². The van der Waals surface area contributed by atoms with Crippen molar-refractivity contribution in [1.29, 1.82) is 5.26 Å². The van der Waals surface area contributed by atoms with Crippen molar-refractivity contribution in [3.8, 4) is 6.07 Å². The Morgan fingerprint density at radius 1 is 1.31 bits per heavy atom. The number of carbonyl (C=O) groups excluding carboxylic acids is 1. The van der Waals surface area contributed by atoms with Gasteiger partial charge >= 0.3 is 0 Å². The molecule has 0 spiro atoms. The van der Waals surface area contributed by atoms with E-state index in [4.69, 9.17) is 16.9 Å². The van der Waals surface area contributed by atoms with Crippen LogP contribution in [0.5, 0.6) is 0 Å².